The third-order valence-corrected chi connectivity index (χ3v) is 2.49. The maximum Gasteiger partial charge on any atom is 3.00 e. The molecular weight excluding hydrogens is 450 g/mol. The van der Waals surface area contributed by atoms with Crippen molar-refractivity contribution in [2.24, 2.45) is 0 Å². The van der Waals surface area contributed by atoms with Gasteiger partial charge in [0.2, 0.25) is 0 Å². The van der Waals surface area contributed by atoms with E-state index in [0.29, 0.717) is 0 Å². The molecule has 4 rings (SSSR count). The van der Waals surface area contributed by atoms with Crippen LogP contribution < -0.4 is 0 Å². The number of carbonyl (C=O) groups is 1. The summed E-state index contributed by atoms with van der Waals surface area (Å²) in [5.74, 6) is 0. The Balaban J connectivity index is -0.000000282. The molecule has 3 heteroatoms. The first-order valence-electron chi connectivity index (χ1n) is 8.02. The molecule has 1 unspecified atom stereocenters. The van der Waals surface area contributed by atoms with E-state index >= 15 is 0 Å². The monoisotopic (exact) mass is 476 g/mol. The number of hydrogen-bond acceptors (Lipinski definition) is 1. The first-order chi connectivity index (χ1) is 13.0. The summed E-state index contributed by atoms with van der Waals surface area (Å²) >= 11 is 0. The topological polar surface area (TPSA) is 17.1 Å². The smallest absolute Gasteiger partial charge is 0.307 e. The van der Waals surface area contributed by atoms with Gasteiger partial charge in [-0.15, -0.1) is 0 Å². The third-order valence-electron chi connectivity index (χ3n) is 2.49. The van der Waals surface area contributed by atoms with Crippen molar-refractivity contribution >= 4 is 16.7 Å². The Hall–Kier alpha value is -2.40. The molecule has 1 atom stereocenters. The van der Waals surface area contributed by atoms with Crippen LogP contribution in [0.15, 0.2) is 127 Å². The molecule has 0 fully saturated rings. The molecule has 0 spiro atoms. The van der Waals surface area contributed by atoms with Gasteiger partial charge in [0, 0.05) is 0 Å². The maximum atomic E-state index is 8.00. The van der Waals surface area contributed by atoms with Gasteiger partial charge in [-0.3, -0.25) is 0 Å². The van der Waals surface area contributed by atoms with Crippen LogP contribution in [0.2, 0.25) is 0 Å². The van der Waals surface area contributed by atoms with E-state index in [9.17, 15) is 0 Å². The van der Waals surface area contributed by atoms with Crippen LogP contribution >= 0.6 is 9.90 Å². The molecule has 0 radical (unpaired) electrons. The molecule has 4 aromatic carbocycles. The summed E-state index contributed by atoms with van der Waals surface area (Å²) in [5.41, 5.74) is 0. The average molecular weight is 476 g/mol. The van der Waals surface area contributed by atoms with Crippen LogP contribution in [0.4, 0.5) is 0 Å². The first kappa shape index (κ1) is 30.3. The fraction of sp³-hybridized carbons (Fsp3) is 0. The average Bonchev–Trinajstić information content (AvgIpc) is 2.81. The van der Waals surface area contributed by atoms with Crippen molar-refractivity contribution in [3.05, 3.63) is 146 Å². The van der Waals surface area contributed by atoms with E-state index in [1.165, 1.54) is 0 Å². The summed E-state index contributed by atoms with van der Waals surface area (Å²) in [5, 5.41) is 0. The normalized spacial score (nSPS) is 7.00. The Kier molecular flexibility index (Phi) is 31.8. The van der Waals surface area contributed by atoms with Crippen LogP contribution in [-0.4, -0.2) is 6.79 Å². The summed E-state index contributed by atoms with van der Waals surface area (Å²) in [4.78, 5) is 8.00. The van der Waals surface area contributed by atoms with Crippen molar-refractivity contribution in [2.45, 2.75) is 0 Å². The maximum absolute atomic E-state index is 8.00. The van der Waals surface area contributed by atoms with Crippen LogP contribution in [0.3, 0.4) is 0 Å². The second-order valence-corrected chi connectivity index (χ2v) is 4.39. The molecule has 0 heterocycles. The molecule has 146 valence electrons. The number of rotatable bonds is 0. The second kappa shape index (κ2) is 29.4. The van der Waals surface area contributed by atoms with Gasteiger partial charge in [0.1, 0.15) is 6.79 Å². The third kappa shape index (κ3) is 25.8. The first-order valence-corrected chi connectivity index (χ1v) is 8.02. The standard InChI is InChI=1S/C6H6.3C6H5.CH2O.H3P.Rh/c4*1-2-4-6-5-3-1;1-2;;/h1-6H;3*1-5H;1H2;1H3;/q;3*-1;;;+3. The Labute approximate surface area is 186 Å². The fourth-order valence-electron chi connectivity index (χ4n) is 1.41. The van der Waals surface area contributed by atoms with E-state index in [2.05, 4.69) is 18.2 Å². The Morgan fingerprint density at radius 2 is 0.500 bits per heavy atom. The Morgan fingerprint density at radius 3 is 0.571 bits per heavy atom. The van der Waals surface area contributed by atoms with E-state index < -0.39 is 0 Å². The number of benzene rings is 4. The Bertz CT molecular complexity index is 447. The van der Waals surface area contributed by atoms with Gasteiger partial charge in [-0.25, -0.2) is 0 Å². The van der Waals surface area contributed by atoms with Gasteiger partial charge in [0.25, 0.3) is 0 Å². The summed E-state index contributed by atoms with van der Waals surface area (Å²) in [6.07, 6.45) is 0. The van der Waals surface area contributed by atoms with E-state index in [-0.39, 0.29) is 29.4 Å². The minimum Gasteiger partial charge on any atom is -0.307 e. The molecule has 0 saturated heterocycles. The molecule has 0 aliphatic carbocycles. The van der Waals surface area contributed by atoms with Crippen LogP contribution in [0.25, 0.3) is 0 Å². The molecule has 0 saturated carbocycles. The summed E-state index contributed by atoms with van der Waals surface area (Å²) < 4.78 is 0. The fourth-order valence-corrected chi connectivity index (χ4v) is 1.41. The molecule has 0 aliphatic heterocycles. The Morgan fingerprint density at radius 1 is 0.357 bits per heavy atom. The van der Waals surface area contributed by atoms with Gasteiger partial charge in [-0.05, 0) is 0 Å². The van der Waals surface area contributed by atoms with E-state index in [1.54, 1.807) is 0 Å². The number of carbonyl (C=O) groups excluding carboxylic acids is 1. The van der Waals surface area contributed by atoms with E-state index in [0.717, 1.165) is 0 Å². The SMILES string of the molecule is C=O.P.[Rh+3].[c-]1ccccc1.[c-]1ccccc1.[c-]1ccccc1.c1ccccc1. The zero-order valence-corrected chi connectivity index (χ0v) is 18.8. The predicted octanol–water partition coefficient (Wildman–Crippen LogP) is 6.02. The van der Waals surface area contributed by atoms with Gasteiger partial charge in [-0.1, -0.05) is 36.4 Å². The molecule has 28 heavy (non-hydrogen) atoms. The minimum atomic E-state index is 0. The van der Waals surface area contributed by atoms with Gasteiger partial charge in [0.15, 0.2) is 0 Å². The largest absolute Gasteiger partial charge is 3.00 e. The van der Waals surface area contributed by atoms with Gasteiger partial charge in [0.05, 0.1) is 0 Å². The minimum absolute atomic E-state index is 0. The summed E-state index contributed by atoms with van der Waals surface area (Å²) in [6, 6.07) is 49.5. The number of hydrogen-bond donors (Lipinski definition) is 0. The van der Waals surface area contributed by atoms with Gasteiger partial charge in [-0.2, -0.15) is 119 Å². The van der Waals surface area contributed by atoms with E-state index in [4.69, 9.17) is 4.79 Å². The van der Waals surface area contributed by atoms with Crippen molar-refractivity contribution in [3.8, 4) is 0 Å². The van der Waals surface area contributed by atoms with E-state index in [1.807, 2.05) is 134 Å². The zero-order chi connectivity index (χ0) is 19.0. The van der Waals surface area contributed by atoms with Gasteiger partial charge >= 0.3 is 19.5 Å². The summed E-state index contributed by atoms with van der Waals surface area (Å²) in [6.45, 7) is 2.00. The molecule has 4 aromatic rings. The van der Waals surface area contributed by atoms with Crippen molar-refractivity contribution in [2.75, 3.05) is 0 Å². The molecular formula is C25H26OPRh. The van der Waals surface area contributed by atoms with Crippen molar-refractivity contribution < 1.29 is 24.3 Å². The van der Waals surface area contributed by atoms with Crippen LogP contribution in [0.5, 0.6) is 0 Å². The molecule has 0 amide bonds. The van der Waals surface area contributed by atoms with Crippen molar-refractivity contribution in [1.29, 1.82) is 0 Å². The molecule has 0 N–H and O–H groups in total. The summed E-state index contributed by atoms with van der Waals surface area (Å²) in [7, 11) is 0. The molecule has 1 nitrogen and oxygen atoms in total. The molecule has 0 bridgehead atoms. The van der Waals surface area contributed by atoms with Crippen LogP contribution in [0, 0.1) is 18.2 Å². The van der Waals surface area contributed by atoms with Crippen LogP contribution in [0.1, 0.15) is 0 Å². The molecule has 0 aromatic heterocycles. The van der Waals surface area contributed by atoms with Crippen molar-refractivity contribution in [1.82, 2.24) is 0 Å². The zero-order valence-electron chi connectivity index (χ0n) is 15.8. The second-order valence-electron chi connectivity index (χ2n) is 4.39. The predicted molar refractivity (Wildman–Crippen MR) is 121 cm³/mol. The quantitative estimate of drug-likeness (QED) is 0.172. The van der Waals surface area contributed by atoms with Gasteiger partial charge < -0.3 is 4.79 Å². The van der Waals surface area contributed by atoms with Crippen LogP contribution in [-0.2, 0) is 24.3 Å². The molecule has 0 aliphatic rings. The van der Waals surface area contributed by atoms with Crippen molar-refractivity contribution in [3.63, 3.8) is 0 Å².